The number of rotatable bonds is 6. The van der Waals surface area contributed by atoms with Crippen LogP contribution in [-0.4, -0.2) is 24.2 Å². The number of halogens is 2. The molecule has 21 heavy (non-hydrogen) atoms. The highest BCUT2D eigenvalue weighted by atomic mass is 35.5. The van der Waals surface area contributed by atoms with Gasteiger partial charge in [-0.05, 0) is 37.5 Å². The number of hydrogen-bond donors (Lipinski definition) is 1. The SMILES string of the molecule is O=C(CCCCCl)Nc1ccc(N2CCCC2=O)c(Cl)c1. The molecule has 1 aromatic carbocycles. The van der Waals surface area contributed by atoms with Crippen LogP contribution in [0.2, 0.25) is 5.02 Å². The number of amides is 2. The van der Waals surface area contributed by atoms with Gasteiger partial charge in [0.1, 0.15) is 0 Å². The van der Waals surface area contributed by atoms with Crippen molar-refractivity contribution < 1.29 is 9.59 Å². The van der Waals surface area contributed by atoms with Crippen molar-refractivity contribution in [3.8, 4) is 0 Å². The molecule has 1 aliphatic heterocycles. The van der Waals surface area contributed by atoms with Crippen LogP contribution in [0.25, 0.3) is 0 Å². The summed E-state index contributed by atoms with van der Waals surface area (Å²) >= 11 is 11.8. The molecule has 2 rings (SSSR count). The van der Waals surface area contributed by atoms with Crippen LogP contribution in [0.4, 0.5) is 11.4 Å². The minimum Gasteiger partial charge on any atom is -0.326 e. The zero-order chi connectivity index (χ0) is 15.2. The third-order valence-corrected chi connectivity index (χ3v) is 3.95. The predicted octanol–water partition coefficient (Wildman–Crippen LogP) is 3.81. The molecule has 0 saturated carbocycles. The molecule has 2 amide bonds. The molecule has 1 saturated heterocycles. The number of alkyl halides is 1. The molecule has 0 bridgehead atoms. The van der Waals surface area contributed by atoms with Gasteiger partial charge in [0, 0.05) is 31.0 Å². The summed E-state index contributed by atoms with van der Waals surface area (Å²) in [5.74, 6) is 0.605. The second-order valence-electron chi connectivity index (χ2n) is 5.01. The van der Waals surface area contributed by atoms with Gasteiger partial charge >= 0.3 is 0 Å². The predicted molar refractivity (Wildman–Crippen MR) is 86.2 cm³/mol. The van der Waals surface area contributed by atoms with Gasteiger partial charge < -0.3 is 10.2 Å². The van der Waals surface area contributed by atoms with Gasteiger partial charge in [0.15, 0.2) is 0 Å². The number of benzene rings is 1. The molecular formula is C15H18Cl2N2O2. The minimum atomic E-state index is -0.0545. The fourth-order valence-electron chi connectivity index (χ4n) is 2.31. The molecular weight excluding hydrogens is 311 g/mol. The summed E-state index contributed by atoms with van der Waals surface area (Å²) in [4.78, 5) is 25.1. The molecule has 0 atom stereocenters. The van der Waals surface area contributed by atoms with Crippen molar-refractivity contribution in [2.75, 3.05) is 22.6 Å². The molecule has 1 aliphatic rings. The number of carbonyl (C=O) groups is 2. The largest absolute Gasteiger partial charge is 0.326 e. The van der Waals surface area contributed by atoms with Crippen molar-refractivity contribution in [3.05, 3.63) is 23.2 Å². The third kappa shape index (κ3) is 4.35. The molecule has 0 aromatic heterocycles. The number of nitrogens with zero attached hydrogens (tertiary/aromatic N) is 1. The first-order valence-corrected chi connectivity index (χ1v) is 7.99. The molecule has 0 radical (unpaired) electrons. The zero-order valence-corrected chi connectivity index (χ0v) is 13.2. The summed E-state index contributed by atoms with van der Waals surface area (Å²) in [6, 6.07) is 5.23. The van der Waals surface area contributed by atoms with Crippen LogP contribution >= 0.6 is 23.2 Å². The van der Waals surface area contributed by atoms with Gasteiger partial charge in [0.05, 0.1) is 10.7 Å². The van der Waals surface area contributed by atoms with E-state index in [9.17, 15) is 9.59 Å². The van der Waals surface area contributed by atoms with E-state index in [4.69, 9.17) is 23.2 Å². The molecule has 1 aromatic rings. The standard InChI is InChI=1S/C15H18Cl2N2O2/c16-8-2-1-4-14(20)18-11-6-7-13(12(17)10-11)19-9-3-5-15(19)21/h6-7,10H,1-5,8-9H2,(H,18,20). The van der Waals surface area contributed by atoms with Crippen LogP contribution in [0.1, 0.15) is 32.1 Å². The second kappa shape index (κ2) is 7.66. The Balaban J connectivity index is 1.98. The normalized spacial score (nSPS) is 14.6. The van der Waals surface area contributed by atoms with Gasteiger partial charge in [-0.3, -0.25) is 9.59 Å². The monoisotopic (exact) mass is 328 g/mol. The molecule has 1 fully saturated rings. The van der Waals surface area contributed by atoms with Crippen LogP contribution in [0.3, 0.4) is 0 Å². The maximum absolute atomic E-state index is 11.7. The summed E-state index contributed by atoms with van der Waals surface area (Å²) in [5.41, 5.74) is 1.35. The maximum atomic E-state index is 11.7. The Hall–Kier alpha value is -1.26. The highest BCUT2D eigenvalue weighted by Crippen LogP contribution is 2.31. The summed E-state index contributed by atoms with van der Waals surface area (Å²) in [5, 5.41) is 3.28. The Morgan fingerprint density at radius 1 is 1.33 bits per heavy atom. The fourth-order valence-corrected chi connectivity index (χ4v) is 2.78. The lowest BCUT2D eigenvalue weighted by molar-refractivity contribution is -0.117. The molecule has 114 valence electrons. The number of unbranched alkanes of at least 4 members (excludes halogenated alkanes) is 1. The first kappa shape index (κ1) is 16.1. The van der Waals surface area contributed by atoms with Gasteiger partial charge in [0.2, 0.25) is 11.8 Å². The van der Waals surface area contributed by atoms with E-state index >= 15 is 0 Å². The first-order chi connectivity index (χ1) is 10.1. The smallest absolute Gasteiger partial charge is 0.227 e. The summed E-state index contributed by atoms with van der Waals surface area (Å²) in [6.07, 6.45) is 3.45. The Labute approximate surface area is 134 Å². The van der Waals surface area contributed by atoms with Gasteiger partial charge in [-0.2, -0.15) is 0 Å². The van der Waals surface area contributed by atoms with Crippen LogP contribution < -0.4 is 10.2 Å². The van der Waals surface area contributed by atoms with Crippen LogP contribution in [0.5, 0.6) is 0 Å². The van der Waals surface area contributed by atoms with Gasteiger partial charge in [-0.1, -0.05) is 11.6 Å². The molecule has 0 unspecified atom stereocenters. The van der Waals surface area contributed by atoms with E-state index in [1.54, 1.807) is 23.1 Å². The van der Waals surface area contributed by atoms with E-state index in [1.165, 1.54) is 0 Å². The van der Waals surface area contributed by atoms with E-state index in [1.807, 2.05) is 0 Å². The summed E-state index contributed by atoms with van der Waals surface area (Å²) in [7, 11) is 0. The molecule has 0 aliphatic carbocycles. The minimum absolute atomic E-state index is 0.0545. The lowest BCUT2D eigenvalue weighted by Gasteiger charge is -2.18. The fraction of sp³-hybridized carbons (Fsp3) is 0.467. The number of hydrogen-bond acceptors (Lipinski definition) is 2. The molecule has 0 spiro atoms. The summed E-state index contributed by atoms with van der Waals surface area (Å²) < 4.78 is 0. The first-order valence-electron chi connectivity index (χ1n) is 7.07. The third-order valence-electron chi connectivity index (χ3n) is 3.38. The van der Waals surface area contributed by atoms with Crippen molar-refractivity contribution in [1.29, 1.82) is 0 Å². The number of carbonyl (C=O) groups excluding carboxylic acids is 2. The molecule has 6 heteroatoms. The highest BCUT2D eigenvalue weighted by Gasteiger charge is 2.23. The van der Waals surface area contributed by atoms with E-state index in [0.717, 1.165) is 19.3 Å². The van der Waals surface area contributed by atoms with Crippen molar-refractivity contribution in [3.63, 3.8) is 0 Å². The number of nitrogens with one attached hydrogen (secondary N) is 1. The quantitative estimate of drug-likeness (QED) is 0.637. The van der Waals surface area contributed by atoms with Crippen molar-refractivity contribution in [1.82, 2.24) is 0 Å². The van der Waals surface area contributed by atoms with E-state index < -0.39 is 0 Å². The van der Waals surface area contributed by atoms with E-state index in [0.29, 0.717) is 41.7 Å². The Morgan fingerprint density at radius 2 is 2.14 bits per heavy atom. The number of anilines is 2. The van der Waals surface area contributed by atoms with Crippen molar-refractivity contribution in [2.24, 2.45) is 0 Å². The lowest BCUT2D eigenvalue weighted by Crippen LogP contribution is -2.24. The molecule has 4 nitrogen and oxygen atoms in total. The van der Waals surface area contributed by atoms with Crippen molar-refractivity contribution in [2.45, 2.75) is 32.1 Å². The average Bonchev–Trinajstić information content (AvgIpc) is 2.85. The average molecular weight is 329 g/mol. The van der Waals surface area contributed by atoms with Gasteiger partial charge in [-0.25, -0.2) is 0 Å². The maximum Gasteiger partial charge on any atom is 0.227 e. The summed E-state index contributed by atoms with van der Waals surface area (Å²) in [6.45, 7) is 0.697. The van der Waals surface area contributed by atoms with E-state index in [2.05, 4.69) is 5.32 Å². The van der Waals surface area contributed by atoms with Gasteiger partial charge in [-0.15, -0.1) is 11.6 Å². The topological polar surface area (TPSA) is 49.4 Å². The van der Waals surface area contributed by atoms with E-state index in [-0.39, 0.29) is 11.8 Å². The molecule has 1 heterocycles. The Bertz CT molecular complexity index is 534. The van der Waals surface area contributed by atoms with Crippen molar-refractivity contribution >= 4 is 46.4 Å². The highest BCUT2D eigenvalue weighted by molar-refractivity contribution is 6.34. The van der Waals surface area contributed by atoms with Gasteiger partial charge in [0.25, 0.3) is 0 Å². The molecule has 1 N–H and O–H groups in total. The zero-order valence-electron chi connectivity index (χ0n) is 11.7. The van der Waals surface area contributed by atoms with Crippen LogP contribution in [0, 0.1) is 0 Å². The van der Waals surface area contributed by atoms with Crippen LogP contribution in [-0.2, 0) is 9.59 Å². The van der Waals surface area contributed by atoms with Crippen LogP contribution in [0.15, 0.2) is 18.2 Å². The Morgan fingerprint density at radius 3 is 2.76 bits per heavy atom. The second-order valence-corrected chi connectivity index (χ2v) is 5.79. The lowest BCUT2D eigenvalue weighted by atomic mass is 10.2. The Kier molecular flexibility index (Phi) is 5.88.